The van der Waals surface area contributed by atoms with E-state index < -0.39 is 11.7 Å². The first-order valence-corrected chi connectivity index (χ1v) is 9.59. The van der Waals surface area contributed by atoms with Gasteiger partial charge in [-0.15, -0.1) is 0 Å². The summed E-state index contributed by atoms with van der Waals surface area (Å²) in [6.45, 7) is 3.29. The minimum atomic E-state index is -0.468. The smallest absolute Gasteiger partial charge is 0.295 e. The molecule has 1 fully saturated rings. The lowest BCUT2D eigenvalue weighted by atomic mass is 9.96. The molecule has 1 amide bonds. The van der Waals surface area contributed by atoms with E-state index in [-0.39, 0.29) is 0 Å². The number of Topliss-reactive ketones (excluding diaryl/α,β-unsaturated/α-hetero) is 1. The van der Waals surface area contributed by atoms with E-state index in [0.29, 0.717) is 24.6 Å². The number of ketones is 1. The molecule has 0 aliphatic carbocycles. The Morgan fingerprint density at radius 1 is 1.11 bits per heavy atom. The zero-order chi connectivity index (χ0) is 19.1. The van der Waals surface area contributed by atoms with Gasteiger partial charge >= 0.3 is 0 Å². The molecular formula is C22H27N3O2. The highest BCUT2D eigenvalue weighted by Gasteiger charge is 2.27. The van der Waals surface area contributed by atoms with Crippen LogP contribution in [0.15, 0.2) is 54.9 Å². The molecule has 1 saturated heterocycles. The SMILES string of the molecule is CN1CCC(CN(CCc2ccccc2)C(=O)C(=O)c2cccnc2)CC1. The quantitative estimate of drug-likeness (QED) is 0.559. The molecule has 2 aromatic rings. The van der Waals surface area contributed by atoms with E-state index in [4.69, 9.17) is 0 Å². The van der Waals surface area contributed by atoms with Crippen LogP contribution in [0, 0.1) is 5.92 Å². The molecule has 1 aromatic carbocycles. The number of nitrogens with zero attached hydrogens (tertiary/aromatic N) is 3. The predicted molar refractivity (Wildman–Crippen MR) is 106 cm³/mol. The van der Waals surface area contributed by atoms with Crippen LogP contribution in [0.25, 0.3) is 0 Å². The summed E-state index contributed by atoms with van der Waals surface area (Å²) in [6.07, 6.45) is 5.94. The molecule has 0 radical (unpaired) electrons. The minimum absolute atomic E-state index is 0.357. The molecule has 1 aliphatic heterocycles. The highest BCUT2D eigenvalue weighted by Crippen LogP contribution is 2.18. The highest BCUT2D eigenvalue weighted by molar-refractivity contribution is 6.42. The van der Waals surface area contributed by atoms with E-state index in [9.17, 15) is 9.59 Å². The van der Waals surface area contributed by atoms with Crippen LogP contribution in [0.3, 0.4) is 0 Å². The summed E-state index contributed by atoms with van der Waals surface area (Å²) in [5.74, 6) is -0.440. The van der Waals surface area contributed by atoms with Crippen LogP contribution in [0.1, 0.15) is 28.8 Å². The molecule has 5 heteroatoms. The number of carbonyl (C=O) groups is 2. The van der Waals surface area contributed by atoms with Gasteiger partial charge in [0.25, 0.3) is 11.7 Å². The van der Waals surface area contributed by atoms with Crippen molar-refractivity contribution in [2.75, 3.05) is 33.2 Å². The van der Waals surface area contributed by atoms with E-state index in [1.54, 1.807) is 23.2 Å². The summed E-state index contributed by atoms with van der Waals surface area (Å²) < 4.78 is 0. The summed E-state index contributed by atoms with van der Waals surface area (Å²) in [5, 5.41) is 0. The van der Waals surface area contributed by atoms with Gasteiger partial charge in [-0.1, -0.05) is 30.3 Å². The van der Waals surface area contributed by atoms with Crippen LogP contribution >= 0.6 is 0 Å². The van der Waals surface area contributed by atoms with Crippen molar-refractivity contribution in [3.8, 4) is 0 Å². The van der Waals surface area contributed by atoms with Crippen molar-refractivity contribution in [1.82, 2.24) is 14.8 Å². The second kappa shape index (κ2) is 9.42. The number of hydrogen-bond acceptors (Lipinski definition) is 4. The van der Waals surface area contributed by atoms with Gasteiger partial charge < -0.3 is 9.80 Å². The van der Waals surface area contributed by atoms with Crippen LogP contribution in [0.5, 0.6) is 0 Å². The van der Waals surface area contributed by atoms with Crippen LogP contribution in [0.4, 0.5) is 0 Å². The topological polar surface area (TPSA) is 53.5 Å². The monoisotopic (exact) mass is 365 g/mol. The fourth-order valence-corrected chi connectivity index (χ4v) is 3.50. The number of aromatic nitrogens is 1. The minimum Gasteiger partial charge on any atom is -0.335 e. The van der Waals surface area contributed by atoms with Crippen molar-refractivity contribution in [3.63, 3.8) is 0 Å². The molecule has 0 saturated carbocycles. The van der Waals surface area contributed by atoms with Gasteiger partial charge in [-0.05, 0) is 63.0 Å². The van der Waals surface area contributed by atoms with E-state index in [0.717, 1.165) is 32.4 Å². The number of rotatable bonds is 7. The number of hydrogen-bond donors (Lipinski definition) is 0. The average molecular weight is 365 g/mol. The zero-order valence-electron chi connectivity index (χ0n) is 15.9. The van der Waals surface area contributed by atoms with Crippen molar-refractivity contribution in [2.24, 2.45) is 5.92 Å². The molecule has 142 valence electrons. The van der Waals surface area contributed by atoms with Gasteiger partial charge in [0.05, 0.1) is 0 Å². The number of piperidine rings is 1. The van der Waals surface area contributed by atoms with Gasteiger partial charge in [0, 0.05) is 31.0 Å². The Morgan fingerprint density at radius 3 is 2.52 bits per heavy atom. The first-order valence-electron chi connectivity index (χ1n) is 9.59. The number of amides is 1. The first-order chi connectivity index (χ1) is 13.1. The fraction of sp³-hybridized carbons (Fsp3) is 0.409. The third-order valence-corrected chi connectivity index (χ3v) is 5.24. The maximum Gasteiger partial charge on any atom is 0.295 e. The maximum absolute atomic E-state index is 12.9. The Labute approximate surface area is 161 Å². The molecule has 1 aromatic heterocycles. The molecule has 0 N–H and O–H groups in total. The summed E-state index contributed by atoms with van der Waals surface area (Å²) in [4.78, 5) is 33.6. The van der Waals surface area contributed by atoms with Gasteiger partial charge in [-0.25, -0.2) is 0 Å². The molecule has 0 spiro atoms. The molecule has 3 rings (SSSR count). The Hall–Kier alpha value is -2.53. The second-order valence-electron chi connectivity index (χ2n) is 7.30. The number of carbonyl (C=O) groups excluding carboxylic acids is 2. The zero-order valence-corrected chi connectivity index (χ0v) is 15.9. The van der Waals surface area contributed by atoms with Crippen LogP contribution in [-0.4, -0.2) is 59.7 Å². The third kappa shape index (κ3) is 5.47. The lowest BCUT2D eigenvalue weighted by Crippen LogP contribution is -2.43. The second-order valence-corrected chi connectivity index (χ2v) is 7.30. The first kappa shape index (κ1) is 19.2. The Kier molecular flexibility index (Phi) is 6.71. The molecule has 0 unspecified atom stereocenters. The molecular weight excluding hydrogens is 338 g/mol. The van der Waals surface area contributed by atoms with Crippen molar-refractivity contribution in [2.45, 2.75) is 19.3 Å². The lowest BCUT2D eigenvalue weighted by Gasteiger charge is -2.33. The lowest BCUT2D eigenvalue weighted by molar-refractivity contribution is -0.127. The highest BCUT2D eigenvalue weighted by atomic mass is 16.2. The molecule has 2 heterocycles. The number of pyridine rings is 1. The average Bonchev–Trinajstić information content (AvgIpc) is 2.73. The summed E-state index contributed by atoms with van der Waals surface area (Å²) in [5.41, 5.74) is 1.53. The summed E-state index contributed by atoms with van der Waals surface area (Å²) in [6, 6.07) is 13.4. The van der Waals surface area contributed by atoms with Gasteiger partial charge in [0.1, 0.15) is 0 Å². The van der Waals surface area contributed by atoms with E-state index >= 15 is 0 Å². The van der Waals surface area contributed by atoms with Crippen molar-refractivity contribution in [1.29, 1.82) is 0 Å². The third-order valence-electron chi connectivity index (χ3n) is 5.24. The predicted octanol–water partition coefficient (Wildman–Crippen LogP) is 2.68. The van der Waals surface area contributed by atoms with Crippen molar-refractivity contribution in [3.05, 3.63) is 66.0 Å². The Balaban J connectivity index is 1.69. The fourth-order valence-electron chi connectivity index (χ4n) is 3.50. The summed E-state index contributed by atoms with van der Waals surface area (Å²) in [7, 11) is 2.13. The van der Waals surface area contributed by atoms with Crippen LogP contribution in [0.2, 0.25) is 0 Å². The molecule has 0 bridgehead atoms. The Morgan fingerprint density at radius 2 is 1.85 bits per heavy atom. The molecule has 1 aliphatic rings. The summed E-state index contributed by atoms with van der Waals surface area (Å²) >= 11 is 0. The number of benzene rings is 1. The molecule has 0 atom stereocenters. The number of likely N-dealkylation sites (tertiary alicyclic amines) is 1. The largest absolute Gasteiger partial charge is 0.335 e. The van der Waals surface area contributed by atoms with E-state index in [1.807, 2.05) is 18.2 Å². The van der Waals surface area contributed by atoms with Crippen molar-refractivity contribution < 1.29 is 9.59 Å². The van der Waals surface area contributed by atoms with E-state index in [1.165, 1.54) is 11.8 Å². The van der Waals surface area contributed by atoms with E-state index in [2.05, 4.69) is 29.1 Å². The van der Waals surface area contributed by atoms with Crippen molar-refractivity contribution >= 4 is 11.7 Å². The molecule has 5 nitrogen and oxygen atoms in total. The van der Waals surface area contributed by atoms with Gasteiger partial charge in [0.2, 0.25) is 0 Å². The Bertz CT molecular complexity index is 741. The van der Waals surface area contributed by atoms with Gasteiger partial charge in [-0.2, -0.15) is 0 Å². The normalized spacial score (nSPS) is 15.4. The van der Waals surface area contributed by atoms with Crippen LogP contribution < -0.4 is 0 Å². The van der Waals surface area contributed by atoms with Crippen LogP contribution in [-0.2, 0) is 11.2 Å². The molecule has 27 heavy (non-hydrogen) atoms. The maximum atomic E-state index is 12.9. The van der Waals surface area contributed by atoms with Gasteiger partial charge in [0.15, 0.2) is 0 Å². The standard InChI is InChI=1S/C22H27N3O2/c1-24-13-9-19(10-14-24)17-25(15-11-18-6-3-2-4-7-18)22(27)21(26)20-8-5-12-23-16-20/h2-8,12,16,19H,9-11,13-15,17H2,1H3. The van der Waals surface area contributed by atoms with Gasteiger partial charge in [-0.3, -0.25) is 14.6 Å².